The fourth-order valence-corrected chi connectivity index (χ4v) is 5.08. The molecular formula is C26H34N4O4. The van der Waals surface area contributed by atoms with Gasteiger partial charge in [-0.25, -0.2) is 0 Å². The van der Waals surface area contributed by atoms with Gasteiger partial charge < -0.3 is 20.3 Å². The van der Waals surface area contributed by atoms with Gasteiger partial charge in [0, 0.05) is 43.5 Å². The fourth-order valence-electron chi connectivity index (χ4n) is 5.08. The molecule has 8 heteroatoms. The number of aliphatic hydroxyl groups is 1. The minimum Gasteiger partial charge on any atom is -0.395 e. The summed E-state index contributed by atoms with van der Waals surface area (Å²) in [4.78, 5) is 38.8. The zero-order chi connectivity index (χ0) is 24.1. The molecule has 4 rings (SSSR count). The molecule has 0 unspecified atom stereocenters. The minimum atomic E-state index is -0.238. The van der Waals surface area contributed by atoms with Crippen molar-refractivity contribution in [3.8, 4) is 0 Å². The summed E-state index contributed by atoms with van der Waals surface area (Å²) < 4.78 is 1.59. The molecule has 0 spiro atoms. The Hall–Kier alpha value is -2.97. The summed E-state index contributed by atoms with van der Waals surface area (Å²) in [7, 11) is 0. The summed E-state index contributed by atoms with van der Waals surface area (Å²) in [5.41, 5.74) is 2.67. The number of hydrogen-bond acceptors (Lipinski definition) is 5. The second kappa shape index (κ2) is 11.0. The zero-order valence-corrected chi connectivity index (χ0v) is 19.7. The van der Waals surface area contributed by atoms with Gasteiger partial charge in [-0.3, -0.25) is 19.3 Å². The Kier molecular flexibility index (Phi) is 7.80. The van der Waals surface area contributed by atoms with E-state index in [1.54, 1.807) is 22.8 Å². The number of aryl methyl sites for hydroxylation is 1. The van der Waals surface area contributed by atoms with E-state index < -0.39 is 0 Å². The van der Waals surface area contributed by atoms with Crippen molar-refractivity contribution in [2.45, 2.75) is 57.2 Å². The largest absolute Gasteiger partial charge is 0.395 e. The summed E-state index contributed by atoms with van der Waals surface area (Å²) in [6.07, 6.45) is 6.23. The Morgan fingerprint density at radius 3 is 2.56 bits per heavy atom. The Morgan fingerprint density at radius 1 is 1.09 bits per heavy atom. The molecule has 3 N–H and O–H groups in total. The second-order valence-electron chi connectivity index (χ2n) is 9.49. The van der Waals surface area contributed by atoms with Crippen molar-refractivity contribution in [2.75, 3.05) is 26.2 Å². The van der Waals surface area contributed by atoms with Crippen molar-refractivity contribution in [1.29, 1.82) is 0 Å². The average molecular weight is 467 g/mol. The van der Waals surface area contributed by atoms with Gasteiger partial charge in [0.05, 0.1) is 19.2 Å². The van der Waals surface area contributed by atoms with Crippen molar-refractivity contribution >= 4 is 11.8 Å². The zero-order valence-electron chi connectivity index (χ0n) is 19.7. The number of benzene rings is 1. The van der Waals surface area contributed by atoms with Crippen LogP contribution in [0.4, 0.5) is 0 Å². The molecule has 0 atom stereocenters. The molecule has 0 bridgehead atoms. The lowest BCUT2D eigenvalue weighted by atomic mass is 9.81. The number of aliphatic hydroxyl groups excluding tert-OH is 1. The van der Waals surface area contributed by atoms with Crippen LogP contribution in [0.2, 0.25) is 0 Å². The normalized spacial score (nSPS) is 21.0. The highest BCUT2D eigenvalue weighted by Crippen LogP contribution is 2.35. The maximum Gasteiger partial charge on any atom is 0.251 e. The van der Waals surface area contributed by atoms with Crippen LogP contribution in [0.3, 0.4) is 0 Å². The van der Waals surface area contributed by atoms with Crippen LogP contribution < -0.4 is 16.2 Å². The predicted octanol–water partition coefficient (Wildman–Crippen LogP) is 1.41. The summed E-state index contributed by atoms with van der Waals surface area (Å²) in [6.45, 7) is 3.88. The average Bonchev–Trinajstić information content (AvgIpc) is 2.81. The molecule has 2 aromatic rings. The number of hydrogen-bond donors (Lipinski definition) is 3. The molecule has 1 aromatic heterocycles. The third-order valence-electron chi connectivity index (χ3n) is 7.00. The molecule has 1 aliphatic carbocycles. The van der Waals surface area contributed by atoms with E-state index in [2.05, 4.69) is 15.5 Å². The van der Waals surface area contributed by atoms with Crippen LogP contribution in [0.1, 0.15) is 53.1 Å². The smallest absolute Gasteiger partial charge is 0.251 e. The van der Waals surface area contributed by atoms with Crippen molar-refractivity contribution in [3.63, 3.8) is 0 Å². The van der Waals surface area contributed by atoms with Gasteiger partial charge in [0.2, 0.25) is 5.91 Å². The highest BCUT2D eigenvalue weighted by Gasteiger charge is 2.35. The van der Waals surface area contributed by atoms with Crippen molar-refractivity contribution in [3.05, 3.63) is 69.6 Å². The first-order valence-corrected chi connectivity index (χ1v) is 12.1. The number of nitrogens with zero attached hydrogens (tertiary/aromatic N) is 2. The van der Waals surface area contributed by atoms with E-state index in [1.807, 2.05) is 31.3 Å². The van der Waals surface area contributed by atoms with Crippen LogP contribution in [-0.2, 0) is 11.3 Å². The van der Waals surface area contributed by atoms with E-state index in [1.165, 1.54) is 5.56 Å². The Balaban J connectivity index is 1.16. The topological polar surface area (TPSA) is 104 Å². The van der Waals surface area contributed by atoms with Gasteiger partial charge in [-0.15, -0.1) is 0 Å². The number of rotatable bonds is 8. The Bertz CT molecular complexity index is 1070. The molecule has 2 fully saturated rings. The monoisotopic (exact) mass is 466 g/mol. The molecule has 2 amide bonds. The van der Waals surface area contributed by atoms with Gasteiger partial charge in [-0.1, -0.05) is 23.8 Å². The number of likely N-dealkylation sites (tertiary alicyclic amines) is 1. The molecule has 1 aromatic carbocycles. The van der Waals surface area contributed by atoms with Crippen LogP contribution in [0.25, 0.3) is 0 Å². The van der Waals surface area contributed by atoms with Gasteiger partial charge in [0.25, 0.3) is 11.5 Å². The highest BCUT2D eigenvalue weighted by atomic mass is 16.3. The van der Waals surface area contributed by atoms with Crippen LogP contribution in [0, 0.1) is 6.92 Å². The van der Waals surface area contributed by atoms with E-state index in [4.69, 9.17) is 5.11 Å². The number of carbonyl (C=O) groups is 2. The van der Waals surface area contributed by atoms with E-state index >= 15 is 0 Å². The number of carbonyl (C=O) groups excluding carboxylic acids is 2. The molecule has 1 saturated carbocycles. The SMILES string of the molecule is Cc1cccc(C(=O)NCC(=O)NC2CN([C@H]3CC[C@@H](c4ccc(=O)n(CCO)c4)CC3)C2)c1. The van der Waals surface area contributed by atoms with E-state index in [9.17, 15) is 14.4 Å². The van der Waals surface area contributed by atoms with Crippen LogP contribution in [0.5, 0.6) is 0 Å². The second-order valence-corrected chi connectivity index (χ2v) is 9.49. The third-order valence-corrected chi connectivity index (χ3v) is 7.00. The minimum absolute atomic E-state index is 0.0210. The van der Waals surface area contributed by atoms with Crippen molar-refractivity contribution < 1.29 is 14.7 Å². The van der Waals surface area contributed by atoms with E-state index in [0.717, 1.165) is 44.3 Å². The maximum absolute atomic E-state index is 12.2. The summed E-state index contributed by atoms with van der Waals surface area (Å²) in [5.74, 6) is 0.0422. The highest BCUT2D eigenvalue weighted by molar-refractivity contribution is 5.96. The number of pyridine rings is 1. The molecular weight excluding hydrogens is 432 g/mol. The van der Waals surface area contributed by atoms with Gasteiger partial charge in [-0.2, -0.15) is 0 Å². The van der Waals surface area contributed by atoms with Gasteiger partial charge in [-0.05, 0) is 56.2 Å². The van der Waals surface area contributed by atoms with E-state index in [-0.39, 0.29) is 36.6 Å². The molecule has 34 heavy (non-hydrogen) atoms. The first-order valence-electron chi connectivity index (χ1n) is 12.1. The molecule has 2 aliphatic rings. The standard InChI is InChI=1S/C26H34N4O4/c1-18-3-2-4-20(13-18)26(34)27-14-24(32)28-22-16-30(17-22)23-8-5-19(6-9-23)21-7-10-25(33)29(15-21)11-12-31/h2-4,7,10,13,15,19,22-23,31H,5-6,8-9,11-12,14,16-17H2,1H3,(H,27,34)(H,28,32)/t19-,23+. The van der Waals surface area contributed by atoms with Gasteiger partial charge >= 0.3 is 0 Å². The molecule has 0 radical (unpaired) electrons. The Labute approximate surface area is 200 Å². The lowest BCUT2D eigenvalue weighted by Crippen LogP contribution is -2.63. The molecule has 1 saturated heterocycles. The van der Waals surface area contributed by atoms with Crippen LogP contribution >= 0.6 is 0 Å². The van der Waals surface area contributed by atoms with Gasteiger partial charge in [0.15, 0.2) is 0 Å². The fraction of sp³-hybridized carbons (Fsp3) is 0.500. The third kappa shape index (κ3) is 5.93. The van der Waals surface area contributed by atoms with Crippen LogP contribution in [-0.4, -0.2) is 64.7 Å². The number of nitrogens with one attached hydrogen (secondary N) is 2. The quantitative estimate of drug-likeness (QED) is 0.546. The summed E-state index contributed by atoms with van der Waals surface area (Å²) >= 11 is 0. The van der Waals surface area contributed by atoms with Crippen molar-refractivity contribution in [1.82, 2.24) is 20.1 Å². The molecule has 8 nitrogen and oxygen atoms in total. The lowest BCUT2D eigenvalue weighted by molar-refractivity contribution is -0.122. The van der Waals surface area contributed by atoms with Crippen molar-refractivity contribution in [2.24, 2.45) is 0 Å². The van der Waals surface area contributed by atoms with Gasteiger partial charge in [0.1, 0.15) is 0 Å². The molecule has 182 valence electrons. The molecule has 2 heterocycles. The first kappa shape index (κ1) is 24.2. The molecule has 1 aliphatic heterocycles. The summed E-state index contributed by atoms with van der Waals surface area (Å²) in [6, 6.07) is 11.5. The first-order chi connectivity index (χ1) is 16.4. The lowest BCUT2D eigenvalue weighted by Gasteiger charge is -2.46. The summed E-state index contributed by atoms with van der Waals surface area (Å²) in [5, 5.41) is 14.9. The number of amides is 2. The van der Waals surface area contributed by atoms with E-state index in [0.29, 0.717) is 24.1 Å². The maximum atomic E-state index is 12.2. The predicted molar refractivity (Wildman–Crippen MR) is 130 cm³/mol. The van der Waals surface area contributed by atoms with Crippen LogP contribution in [0.15, 0.2) is 47.4 Å². The Morgan fingerprint density at radius 2 is 1.85 bits per heavy atom. The number of aromatic nitrogens is 1.